The summed E-state index contributed by atoms with van der Waals surface area (Å²) in [7, 11) is 1.67. The van der Waals surface area contributed by atoms with Crippen molar-refractivity contribution >= 4 is 11.3 Å². The first-order chi connectivity index (χ1) is 6.44. The van der Waals surface area contributed by atoms with Gasteiger partial charge in [-0.25, -0.2) is 4.98 Å². The Morgan fingerprint density at radius 2 is 2.14 bits per heavy atom. The van der Waals surface area contributed by atoms with Gasteiger partial charge >= 0.3 is 0 Å². The van der Waals surface area contributed by atoms with Crippen molar-refractivity contribution in [3.63, 3.8) is 0 Å². The van der Waals surface area contributed by atoms with Crippen molar-refractivity contribution < 1.29 is 4.74 Å². The molecule has 0 aliphatic heterocycles. The summed E-state index contributed by atoms with van der Waals surface area (Å²) >= 11 is 1.72. The van der Waals surface area contributed by atoms with Crippen molar-refractivity contribution in [3.05, 3.63) is 15.6 Å². The van der Waals surface area contributed by atoms with E-state index in [2.05, 4.69) is 11.9 Å². The fourth-order valence-corrected chi connectivity index (χ4v) is 2.47. The Morgan fingerprint density at radius 3 is 2.57 bits per heavy atom. The first kappa shape index (κ1) is 11.6. The Hall–Kier alpha value is -0.450. The van der Waals surface area contributed by atoms with Crippen LogP contribution in [-0.2, 0) is 11.2 Å². The molecule has 0 spiro atoms. The Kier molecular flexibility index (Phi) is 3.64. The maximum Gasteiger partial charge on any atom is 0.0949 e. The van der Waals surface area contributed by atoms with Crippen molar-refractivity contribution in [1.29, 1.82) is 0 Å². The molecule has 1 aromatic rings. The molecule has 1 rings (SSSR count). The third-order valence-corrected chi connectivity index (χ3v) is 3.17. The average molecular weight is 214 g/mol. The molecule has 0 fully saturated rings. The molecule has 1 unspecified atom stereocenters. The van der Waals surface area contributed by atoms with E-state index in [0.717, 1.165) is 17.1 Å². The second kappa shape index (κ2) is 4.38. The van der Waals surface area contributed by atoms with Crippen LogP contribution in [0.2, 0.25) is 0 Å². The summed E-state index contributed by atoms with van der Waals surface area (Å²) in [6.45, 7) is 6.66. The Labute approximate surface area is 89.3 Å². The molecule has 80 valence electrons. The summed E-state index contributed by atoms with van der Waals surface area (Å²) < 4.78 is 5.07. The largest absolute Gasteiger partial charge is 0.383 e. The molecule has 0 radical (unpaired) electrons. The highest BCUT2D eigenvalue weighted by molar-refractivity contribution is 7.11. The van der Waals surface area contributed by atoms with Crippen LogP contribution >= 0.6 is 11.3 Å². The zero-order chi connectivity index (χ0) is 10.8. The van der Waals surface area contributed by atoms with Gasteiger partial charge < -0.3 is 10.5 Å². The van der Waals surface area contributed by atoms with Crippen LogP contribution in [-0.4, -0.2) is 24.2 Å². The topological polar surface area (TPSA) is 48.1 Å². The van der Waals surface area contributed by atoms with Crippen LogP contribution in [0.15, 0.2) is 0 Å². The number of ether oxygens (including phenoxy) is 1. The number of rotatable bonds is 4. The number of aromatic nitrogens is 1. The lowest BCUT2D eigenvalue weighted by atomic mass is 10.0. The molecule has 0 aromatic carbocycles. The maximum atomic E-state index is 6.06. The minimum Gasteiger partial charge on any atom is -0.383 e. The minimum atomic E-state index is -0.314. The van der Waals surface area contributed by atoms with E-state index in [1.807, 2.05) is 13.8 Å². The number of nitrogens with two attached hydrogens (primary N) is 1. The molecular formula is C10H18N2OS. The second-order valence-corrected chi connectivity index (χ2v) is 5.30. The molecule has 4 heteroatoms. The molecule has 0 bridgehead atoms. The van der Waals surface area contributed by atoms with Gasteiger partial charge in [0.05, 0.1) is 17.3 Å². The summed E-state index contributed by atoms with van der Waals surface area (Å²) in [5, 5.41) is 1.10. The SMILES string of the molecule is COCC(C)(N)Cc1nc(C)c(C)s1. The molecule has 1 atom stereocenters. The third kappa shape index (κ3) is 3.04. The van der Waals surface area contributed by atoms with Crippen molar-refractivity contribution in [2.24, 2.45) is 5.73 Å². The lowest BCUT2D eigenvalue weighted by molar-refractivity contribution is 0.141. The van der Waals surface area contributed by atoms with Crippen LogP contribution in [0, 0.1) is 13.8 Å². The van der Waals surface area contributed by atoms with Crippen LogP contribution in [0.25, 0.3) is 0 Å². The number of hydrogen-bond acceptors (Lipinski definition) is 4. The highest BCUT2D eigenvalue weighted by atomic mass is 32.1. The van der Waals surface area contributed by atoms with Gasteiger partial charge in [0.25, 0.3) is 0 Å². The summed E-state index contributed by atoms with van der Waals surface area (Å²) in [5.41, 5.74) is 6.86. The second-order valence-electron chi connectivity index (χ2n) is 4.01. The van der Waals surface area contributed by atoms with Gasteiger partial charge in [0.1, 0.15) is 0 Å². The standard InChI is InChI=1S/C10H18N2OS/c1-7-8(2)14-9(12-7)5-10(3,11)6-13-4/h5-6,11H2,1-4H3. The summed E-state index contributed by atoms with van der Waals surface area (Å²) in [5.74, 6) is 0. The average Bonchev–Trinajstić information content (AvgIpc) is 2.29. The van der Waals surface area contributed by atoms with Crippen LogP contribution < -0.4 is 5.73 Å². The monoisotopic (exact) mass is 214 g/mol. The van der Waals surface area contributed by atoms with E-state index in [-0.39, 0.29) is 5.54 Å². The van der Waals surface area contributed by atoms with Crippen molar-refractivity contribution in [3.8, 4) is 0 Å². The van der Waals surface area contributed by atoms with E-state index in [9.17, 15) is 0 Å². The van der Waals surface area contributed by atoms with E-state index >= 15 is 0 Å². The molecule has 0 amide bonds. The Balaban J connectivity index is 2.68. The van der Waals surface area contributed by atoms with E-state index < -0.39 is 0 Å². The van der Waals surface area contributed by atoms with Crippen molar-refractivity contribution in [2.75, 3.05) is 13.7 Å². The zero-order valence-corrected chi connectivity index (χ0v) is 10.1. The van der Waals surface area contributed by atoms with E-state index in [0.29, 0.717) is 6.61 Å². The van der Waals surface area contributed by atoms with Crippen LogP contribution in [0.5, 0.6) is 0 Å². The van der Waals surface area contributed by atoms with Crippen molar-refractivity contribution in [2.45, 2.75) is 32.7 Å². The Bertz CT molecular complexity index is 288. The molecule has 0 aliphatic carbocycles. The van der Waals surface area contributed by atoms with Gasteiger partial charge in [0.2, 0.25) is 0 Å². The molecule has 3 nitrogen and oxygen atoms in total. The van der Waals surface area contributed by atoms with Crippen LogP contribution in [0.3, 0.4) is 0 Å². The molecule has 2 N–H and O–H groups in total. The summed E-state index contributed by atoms with van der Waals surface area (Å²) in [6.07, 6.45) is 0.778. The third-order valence-electron chi connectivity index (χ3n) is 2.10. The quantitative estimate of drug-likeness (QED) is 0.829. The van der Waals surface area contributed by atoms with Gasteiger partial charge in [-0.3, -0.25) is 0 Å². The van der Waals surface area contributed by atoms with Gasteiger partial charge in [-0.15, -0.1) is 11.3 Å². The first-order valence-electron chi connectivity index (χ1n) is 4.65. The number of hydrogen-bond donors (Lipinski definition) is 1. The van der Waals surface area contributed by atoms with E-state index in [1.165, 1.54) is 4.88 Å². The number of thiazole rings is 1. The summed E-state index contributed by atoms with van der Waals surface area (Å²) in [4.78, 5) is 5.73. The molecule has 0 saturated carbocycles. The van der Waals surface area contributed by atoms with Gasteiger partial charge in [0.15, 0.2) is 0 Å². The minimum absolute atomic E-state index is 0.314. The number of nitrogens with zero attached hydrogens (tertiary/aromatic N) is 1. The fourth-order valence-electron chi connectivity index (χ4n) is 1.34. The molecule has 0 saturated heterocycles. The van der Waals surface area contributed by atoms with Crippen LogP contribution in [0.1, 0.15) is 22.5 Å². The van der Waals surface area contributed by atoms with Gasteiger partial charge in [-0.05, 0) is 20.8 Å². The Morgan fingerprint density at radius 1 is 1.50 bits per heavy atom. The van der Waals surface area contributed by atoms with Gasteiger partial charge in [-0.2, -0.15) is 0 Å². The molecule has 1 heterocycles. The molecule has 1 aromatic heterocycles. The molecule has 0 aliphatic rings. The zero-order valence-electron chi connectivity index (χ0n) is 9.26. The normalized spacial score (nSPS) is 15.5. The van der Waals surface area contributed by atoms with E-state index in [1.54, 1.807) is 18.4 Å². The lowest BCUT2D eigenvalue weighted by Crippen LogP contribution is -2.43. The molecular weight excluding hydrogens is 196 g/mol. The highest BCUT2D eigenvalue weighted by Crippen LogP contribution is 2.20. The van der Waals surface area contributed by atoms with Crippen LogP contribution in [0.4, 0.5) is 0 Å². The summed E-state index contributed by atoms with van der Waals surface area (Å²) in [6, 6.07) is 0. The van der Waals surface area contributed by atoms with E-state index in [4.69, 9.17) is 10.5 Å². The molecule has 14 heavy (non-hydrogen) atoms. The smallest absolute Gasteiger partial charge is 0.0949 e. The predicted molar refractivity (Wildman–Crippen MR) is 59.8 cm³/mol. The lowest BCUT2D eigenvalue weighted by Gasteiger charge is -2.21. The van der Waals surface area contributed by atoms with Gasteiger partial charge in [-0.1, -0.05) is 0 Å². The number of aryl methyl sites for hydroxylation is 2. The maximum absolute atomic E-state index is 6.06. The predicted octanol–water partition coefficient (Wildman–Crippen LogP) is 1.67. The number of methoxy groups -OCH3 is 1. The highest BCUT2D eigenvalue weighted by Gasteiger charge is 2.21. The van der Waals surface area contributed by atoms with Gasteiger partial charge in [0, 0.05) is 23.9 Å². The fraction of sp³-hybridized carbons (Fsp3) is 0.700. The van der Waals surface area contributed by atoms with Crippen molar-refractivity contribution in [1.82, 2.24) is 4.98 Å². The first-order valence-corrected chi connectivity index (χ1v) is 5.47.